The fraction of sp³-hybridized carbons (Fsp3) is 0.917. The van der Waals surface area contributed by atoms with Gasteiger partial charge in [-0.1, -0.05) is 0 Å². The number of amides is 1. The van der Waals surface area contributed by atoms with Crippen LogP contribution in [0.5, 0.6) is 0 Å². The van der Waals surface area contributed by atoms with E-state index in [0.717, 1.165) is 25.9 Å². The van der Waals surface area contributed by atoms with Crippen LogP contribution in [0.1, 0.15) is 19.3 Å². The summed E-state index contributed by atoms with van der Waals surface area (Å²) in [5.74, 6) is 1.08. The summed E-state index contributed by atoms with van der Waals surface area (Å²) in [5, 5.41) is 3.33. The molecule has 0 aliphatic carbocycles. The first-order valence-corrected chi connectivity index (χ1v) is 9.64. The van der Waals surface area contributed by atoms with E-state index >= 15 is 0 Å². The summed E-state index contributed by atoms with van der Waals surface area (Å²) in [6, 6.07) is 0.398. The summed E-state index contributed by atoms with van der Waals surface area (Å²) in [7, 11) is -0.909. The van der Waals surface area contributed by atoms with Crippen molar-refractivity contribution in [3.05, 3.63) is 0 Å². The minimum Gasteiger partial charge on any atom is -0.340 e. The summed E-state index contributed by atoms with van der Waals surface area (Å²) < 4.78 is 22.7. The van der Waals surface area contributed by atoms with E-state index in [1.165, 1.54) is 11.8 Å². The number of thioether (sulfide) groups is 1. The second-order valence-electron chi connectivity index (χ2n) is 5.30. The third-order valence-corrected chi connectivity index (χ3v) is 7.08. The quantitative estimate of drug-likeness (QED) is 0.807. The highest BCUT2D eigenvalue weighted by atomic mass is 35.5. The first kappa shape index (κ1) is 18.1. The molecule has 2 atom stereocenters. The zero-order chi connectivity index (χ0) is 13.9. The van der Waals surface area contributed by atoms with Crippen LogP contribution in [-0.2, 0) is 14.6 Å². The number of rotatable bonds is 4. The van der Waals surface area contributed by atoms with Gasteiger partial charge in [0.15, 0.2) is 9.84 Å². The molecular formula is C12H23ClN2O3S2. The van der Waals surface area contributed by atoms with Crippen LogP contribution < -0.4 is 5.32 Å². The molecule has 1 amide bonds. The normalized spacial score (nSPS) is 28.9. The number of piperidine rings is 1. The van der Waals surface area contributed by atoms with E-state index in [1.54, 1.807) is 0 Å². The van der Waals surface area contributed by atoms with Crippen molar-refractivity contribution in [1.29, 1.82) is 0 Å². The Hall–Kier alpha value is 0.0200. The summed E-state index contributed by atoms with van der Waals surface area (Å²) in [6.45, 7) is 1.61. The van der Waals surface area contributed by atoms with E-state index in [4.69, 9.17) is 0 Å². The van der Waals surface area contributed by atoms with Crippen LogP contribution in [0.25, 0.3) is 0 Å². The van der Waals surface area contributed by atoms with E-state index in [-0.39, 0.29) is 35.1 Å². The first-order valence-electron chi connectivity index (χ1n) is 6.77. The molecular weight excluding hydrogens is 320 g/mol. The lowest BCUT2D eigenvalue weighted by Crippen LogP contribution is -2.47. The van der Waals surface area contributed by atoms with Gasteiger partial charge in [-0.25, -0.2) is 8.42 Å². The number of carbonyl (C=O) groups is 1. The van der Waals surface area contributed by atoms with Gasteiger partial charge in [-0.2, -0.15) is 0 Å². The predicted molar refractivity (Wildman–Crippen MR) is 85.4 cm³/mol. The van der Waals surface area contributed by atoms with Crippen molar-refractivity contribution in [1.82, 2.24) is 10.2 Å². The molecule has 2 aliphatic heterocycles. The molecule has 0 saturated carbocycles. The molecule has 0 aromatic rings. The fourth-order valence-corrected chi connectivity index (χ4v) is 6.16. The van der Waals surface area contributed by atoms with E-state index in [9.17, 15) is 13.2 Å². The molecule has 0 aromatic heterocycles. The van der Waals surface area contributed by atoms with Crippen molar-refractivity contribution >= 4 is 39.9 Å². The van der Waals surface area contributed by atoms with Crippen LogP contribution in [0.15, 0.2) is 0 Å². The second-order valence-corrected chi connectivity index (χ2v) is 8.82. The van der Waals surface area contributed by atoms with Crippen molar-refractivity contribution in [2.45, 2.75) is 30.6 Å². The van der Waals surface area contributed by atoms with Gasteiger partial charge in [0.1, 0.15) is 0 Å². The van der Waals surface area contributed by atoms with Gasteiger partial charge in [0.2, 0.25) is 5.91 Å². The summed E-state index contributed by atoms with van der Waals surface area (Å²) in [5.41, 5.74) is 0. The van der Waals surface area contributed by atoms with Crippen LogP contribution in [0.3, 0.4) is 0 Å². The maximum atomic E-state index is 12.1. The summed E-state index contributed by atoms with van der Waals surface area (Å²) in [6.07, 6.45) is 2.85. The van der Waals surface area contributed by atoms with Gasteiger partial charge in [-0.3, -0.25) is 4.79 Å². The lowest BCUT2D eigenvalue weighted by molar-refractivity contribution is -0.129. The number of hydrogen-bond acceptors (Lipinski definition) is 5. The number of nitrogens with one attached hydrogen (secondary N) is 1. The smallest absolute Gasteiger partial charge is 0.232 e. The van der Waals surface area contributed by atoms with Crippen molar-refractivity contribution in [3.63, 3.8) is 0 Å². The number of hydrogen-bond donors (Lipinski definition) is 1. The Bertz CT molecular complexity index is 430. The van der Waals surface area contributed by atoms with Gasteiger partial charge in [-0.05, 0) is 26.3 Å². The molecule has 2 rings (SSSR count). The second kappa shape index (κ2) is 7.87. The van der Waals surface area contributed by atoms with Gasteiger partial charge in [0.05, 0.1) is 17.3 Å². The van der Waals surface area contributed by atoms with Gasteiger partial charge >= 0.3 is 0 Å². The lowest BCUT2D eigenvalue weighted by atomic mass is 10.1. The highest BCUT2D eigenvalue weighted by molar-refractivity contribution is 8.02. The monoisotopic (exact) mass is 342 g/mol. The average molecular weight is 343 g/mol. The number of likely N-dealkylation sites (N-methyl/N-ethyl adjacent to an activating group) is 1. The third-order valence-electron chi connectivity index (χ3n) is 3.82. The van der Waals surface area contributed by atoms with E-state index < -0.39 is 9.84 Å². The number of likely N-dealkylation sites (tertiary alicyclic amines) is 1. The van der Waals surface area contributed by atoms with Crippen LogP contribution in [0, 0.1) is 0 Å². The van der Waals surface area contributed by atoms with Crippen LogP contribution >= 0.6 is 24.2 Å². The zero-order valence-corrected chi connectivity index (χ0v) is 14.2. The van der Waals surface area contributed by atoms with Crippen LogP contribution in [0.4, 0.5) is 0 Å². The Morgan fingerprint density at radius 2 is 2.15 bits per heavy atom. The summed E-state index contributed by atoms with van der Waals surface area (Å²) in [4.78, 5) is 14.0. The standard InChI is InChI=1S/C12H22N2O3S2.ClH/c1-13-10-3-2-5-14(7-10)12(15)8-18-11-4-6-19(16,17)9-11;/h10-11,13H,2-9H2,1H3;1H. The van der Waals surface area contributed by atoms with Crippen molar-refractivity contribution in [2.75, 3.05) is 37.4 Å². The number of nitrogens with zero attached hydrogens (tertiary/aromatic N) is 1. The molecule has 5 nitrogen and oxygen atoms in total. The molecule has 2 fully saturated rings. The molecule has 8 heteroatoms. The highest BCUT2D eigenvalue weighted by Crippen LogP contribution is 2.24. The molecule has 0 aromatic carbocycles. The molecule has 118 valence electrons. The Morgan fingerprint density at radius 3 is 2.75 bits per heavy atom. The Balaban J connectivity index is 0.00000200. The highest BCUT2D eigenvalue weighted by Gasteiger charge is 2.29. The lowest BCUT2D eigenvalue weighted by Gasteiger charge is -2.32. The first-order chi connectivity index (χ1) is 9.00. The molecule has 2 aliphatic rings. The molecule has 2 heterocycles. The SMILES string of the molecule is CNC1CCCN(C(=O)CSC2CCS(=O)(=O)C2)C1.Cl. The minimum atomic E-state index is -2.84. The van der Waals surface area contributed by atoms with Crippen molar-refractivity contribution < 1.29 is 13.2 Å². The topological polar surface area (TPSA) is 66.5 Å². The Labute approximate surface area is 131 Å². The Morgan fingerprint density at radius 1 is 1.40 bits per heavy atom. The third kappa shape index (κ3) is 5.09. The predicted octanol–water partition coefficient (Wildman–Crippen LogP) is 0.539. The number of carbonyl (C=O) groups excluding carboxylic acids is 1. The maximum absolute atomic E-state index is 12.1. The molecule has 20 heavy (non-hydrogen) atoms. The Kier molecular flexibility index (Phi) is 7.11. The molecule has 1 N–H and O–H groups in total. The molecule has 0 bridgehead atoms. The zero-order valence-electron chi connectivity index (χ0n) is 11.7. The van der Waals surface area contributed by atoms with Crippen LogP contribution in [-0.4, -0.2) is 67.9 Å². The van der Waals surface area contributed by atoms with E-state index in [0.29, 0.717) is 18.2 Å². The molecule has 2 unspecified atom stereocenters. The van der Waals surface area contributed by atoms with Gasteiger partial charge in [-0.15, -0.1) is 24.2 Å². The van der Waals surface area contributed by atoms with Gasteiger partial charge < -0.3 is 10.2 Å². The molecule has 0 spiro atoms. The van der Waals surface area contributed by atoms with Crippen LogP contribution in [0.2, 0.25) is 0 Å². The largest absolute Gasteiger partial charge is 0.340 e. The number of halogens is 1. The van der Waals surface area contributed by atoms with Gasteiger partial charge in [0.25, 0.3) is 0 Å². The maximum Gasteiger partial charge on any atom is 0.232 e. The van der Waals surface area contributed by atoms with Crippen molar-refractivity contribution in [2.24, 2.45) is 0 Å². The van der Waals surface area contributed by atoms with E-state index in [1.807, 2.05) is 11.9 Å². The summed E-state index contributed by atoms with van der Waals surface area (Å²) >= 11 is 1.51. The van der Waals surface area contributed by atoms with E-state index in [2.05, 4.69) is 5.32 Å². The molecule has 0 radical (unpaired) electrons. The minimum absolute atomic E-state index is 0. The average Bonchev–Trinajstić information content (AvgIpc) is 2.75. The van der Waals surface area contributed by atoms with Crippen molar-refractivity contribution in [3.8, 4) is 0 Å². The fourth-order valence-electron chi connectivity index (χ4n) is 2.61. The number of sulfone groups is 1. The molecule has 2 saturated heterocycles. The van der Waals surface area contributed by atoms with Gasteiger partial charge in [0, 0.05) is 24.4 Å².